The third-order valence-corrected chi connectivity index (χ3v) is 2.86. The van der Waals surface area contributed by atoms with Crippen LogP contribution in [0.15, 0.2) is 28.7 Å². The first-order valence-corrected chi connectivity index (χ1v) is 6.01. The largest absolute Gasteiger partial charge is 0.392 e. The van der Waals surface area contributed by atoms with Crippen LogP contribution in [-0.4, -0.2) is 23.7 Å². The zero-order valence-electron chi connectivity index (χ0n) is 9.40. The number of benzene rings is 1. The fraction of sp³-hybridized carbons (Fsp3) is 0.417. The molecule has 0 bridgehead atoms. The Balaban J connectivity index is 2.59. The van der Waals surface area contributed by atoms with Crippen LogP contribution in [0.5, 0.6) is 0 Å². The topological polar surface area (TPSA) is 49.3 Å². The van der Waals surface area contributed by atoms with Crippen molar-refractivity contribution >= 4 is 21.8 Å². The van der Waals surface area contributed by atoms with Crippen LogP contribution < -0.4 is 5.32 Å². The molecule has 0 radical (unpaired) electrons. The van der Waals surface area contributed by atoms with Gasteiger partial charge in [-0.25, -0.2) is 0 Å². The summed E-state index contributed by atoms with van der Waals surface area (Å²) in [7, 11) is 0. The number of rotatable bonds is 4. The number of aliphatic hydroxyl groups is 1. The van der Waals surface area contributed by atoms with Crippen LogP contribution in [0.25, 0.3) is 0 Å². The highest BCUT2D eigenvalue weighted by Crippen LogP contribution is 2.18. The lowest BCUT2D eigenvalue weighted by molar-refractivity contribution is -0.122. The van der Waals surface area contributed by atoms with Gasteiger partial charge in [0.15, 0.2) is 0 Å². The number of aliphatic hydroxyl groups excluding tert-OH is 1. The average molecular weight is 286 g/mol. The van der Waals surface area contributed by atoms with Gasteiger partial charge in [-0.15, -0.1) is 0 Å². The molecule has 2 unspecified atom stereocenters. The van der Waals surface area contributed by atoms with Crippen LogP contribution in [0.4, 0.5) is 0 Å². The minimum absolute atomic E-state index is 0.0665. The second-order valence-corrected chi connectivity index (χ2v) is 4.78. The van der Waals surface area contributed by atoms with Crippen LogP contribution >= 0.6 is 15.9 Å². The highest BCUT2D eigenvalue weighted by atomic mass is 79.9. The number of halogens is 1. The van der Waals surface area contributed by atoms with E-state index in [-0.39, 0.29) is 11.8 Å². The summed E-state index contributed by atoms with van der Waals surface area (Å²) in [5.74, 6) is -0.268. The number of nitrogens with one attached hydrogen (secondary N) is 1. The second-order valence-electron chi connectivity index (χ2n) is 3.87. The minimum Gasteiger partial charge on any atom is -0.392 e. The molecule has 3 nitrogen and oxygen atoms in total. The van der Waals surface area contributed by atoms with Gasteiger partial charge >= 0.3 is 0 Å². The molecule has 1 aromatic rings. The number of carbonyl (C=O) groups excluding carboxylic acids is 1. The van der Waals surface area contributed by atoms with E-state index >= 15 is 0 Å². The van der Waals surface area contributed by atoms with Crippen LogP contribution in [0.3, 0.4) is 0 Å². The van der Waals surface area contributed by atoms with Crippen LogP contribution in [0.1, 0.15) is 25.3 Å². The molecular formula is C12H16BrNO2. The molecule has 16 heavy (non-hydrogen) atoms. The van der Waals surface area contributed by atoms with Crippen molar-refractivity contribution in [1.82, 2.24) is 5.32 Å². The van der Waals surface area contributed by atoms with Gasteiger partial charge in [0.05, 0.1) is 12.0 Å². The summed E-state index contributed by atoms with van der Waals surface area (Å²) in [5.41, 5.74) is 0.964. The smallest absolute Gasteiger partial charge is 0.227 e. The highest BCUT2D eigenvalue weighted by molar-refractivity contribution is 9.10. The first-order chi connectivity index (χ1) is 7.50. The predicted molar refractivity (Wildman–Crippen MR) is 67.2 cm³/mol. The van der Waals surface area contributed by atoms with E-state index in [1.165, 1.54) is 0 Å². The molecule has 0 aliphatic carbocycles. The van der Waals surface area contributed by atoms with Crippen molar-refractivity contribution in [3.8, 4) is 0 Å². The van der Waals surface area contributed by atoms with Crippen molar-refractivity contribution in [2.75, 3.05) is 6.54 Å². The van der Waals surface area contributed by atoms with Crippen LogP contribution in [0.2, 0.25) is 0 Å². The first kappa shape index (κ1) is 13.2. The van der Waals surface area contributed by atoms with E-state index in [0.717, 1.165) is 10.0 Å². The predicted octanol–water partition coefficient (Wildman–Crippen LogP) is 2.05. The Morgan fingerprint density at radius 2 is 1.94 bits per heavy atom. The number of amides is 1. The lowest BCUT2D eigenvalue weighted by Crippen LogP contribution is -2.33. The molecule has 1 amide bonds. The van der Waals surface area contributed by atoms with Crippen molar-refractivity contribution in [3.63, 3.8) is 0 Å². The summed E-state index contributed by atoms with van der Waals surface area (Å²) >= 11 is 3.35. The quantitative estimate of drug-likeness (QED) is 0.890. The minimum atomic E-state index is -0.513. The van der Waals surface area contributed by atoms with Crippen LogP contribution in [0, 0.1) is 0 Å². The zero-order chi connectivity index (χ0) is 12.1. The monoisotopic (exact) mass is 285 g/mol. The van der Waals surface area contributed by atoms with E-state index in [9.17, 15) is 4.79 Å². The van der Waals surface area contributed by atoms with Crippen molar-refractivity contribution < 1.29 is 9.90 Å². The zero-order valence-corrected chi connectivity index (χ0v) is 11.0. The summed E-state index contributed by atoms with van der Waals surface area (Å²) in [6, 6.07) is 7.65. The summed E-state index contributed by atoms with van der Waals surface area (Å²) in [4.78, 5) is 11.7. The lowest BCUT2D eigenvalue weighted by atomic mass is 10.0. The first-order valence-electron chi connectivity index (χ1n) is 5.22. The van der Waals surface area contributed by atoms with E-state index in [4.69, 9.17) is 5.11 Å². The van der Waals surface area contributed by atoms with E-state index in [1.807, 2.05) is 31.2 Å². The van der Waals surface area contributed by atoms with Gasteiger partial charge < -0.3 is 10.4 Å². The molecule has 0 fully saturated rings. The van der Waals surface area contributed by atoms with Crippen LogP contribution in [-0.2, 0) is 4.79 Å². The molecule has 0 aliphatic heterocycles. The van der Waals surface area contributed by atoms with Crippen molar-refractivity contribution in [2.45, 2.75) is 25.9 Å². The summed E-state index contributed by atoms with van der Waals surface area (Å²) in [6.45, 7) is 3.78. The molecule has 2 N–H and O–H groups in total. The molecule has 1 aromatic carbocycles. The molecule has 1 rings (SSSR count). The van der Waals surface area contributed by atoms with Gasteiger partial charge in [-0.3, -0.25) is 4.79 Å². The van der Waals surface area contributed by atoms with Gasteiger partial charge in [-0.05, 0) is 31.5 Å². The molecule has 2 atom stereocenters. The normalized spacial score (nSPS) is 14.2. The van der Waals surface area contributed by atoms with Gasteiger partial charge in [0.1, 0.15) is 0 Å². The van der Waals surface area contributed by atoms with Crippen molar-refractivity contribution in [1.29, 1.82) is 0 Å². The molecular weight excluding hydrogens is 270 g/mol. The molecule has 0 aliphatic rings. The van der Waals surface area contributed by atoms with Crippen molar-refractivity contribution in [2.24, 2.45) is 0 Å². The van der Waals surface area contributed by atoms with Gasteiger partial charge in [-0.2, -0.15) is 0 Å². The Hall–Kier alpha value is -0.870. The number of hydrogen-bond donors (Lipinski definition) is 2. The van der Waals surface area contributed by atoms with Gasteiger partial charge in [0.25, 0.3) is 0 Å². The molecule has 0 heterocycles. The molecule has 0 spiro atoms. The lowest BCUT2D eigenvalue weighted by Gasteiger charge is -2.13. The van der Waals surface area contributed by atoms with Gasteiger partial charge in [0.2, 0.25) is 5.91 Å². The average Bonchev–Trinajstić information content (AvgIpc) is 2.26. The number of hydrogen-bond acceptors (Lipinski definition) is 2. The molecule has 0 aromatic heterocycles. The second kappa shape index (κ2) is 6.01. The maximum atomic E-state index is 11.7. The summed E-state index contributed by atoms with van der Waals surface area (Å²) < 4.78 is 0.993. The maximum Gasteiger partial charge on any atom is 0.227 e. The molecule has 0 saturated carbocycles. The van der Waals surface area contributed by atoms with Gasteiger partial charge in [-0.1, -0.05) is 28.1 Å². The Kier molecular flexibility index (Phi) is 4.96. The Labute approximate surface area is 104 Å². The Morgan fingerprint density at radius 3 is 2.44 bits per heavy atom. The summed E-state index contributed by atoms with van der Waals surface area (Å²) in [5, 5.41) is 11.8. The fourth-order valence-corrected chi connectivity index (χ4v) is 1.57. The third kappa shape index (κ3) is 3.94. The Bertz CT molecular complexity index is 349. The van der Waals surface area contributed by atoms with E-state index in [2.05, 4.69) is 21.2 Å². The third-order valence-electron chi connectivity index (χ3n) is 2.33. The molecule has 88 valence electrons. The molecule has 0 saturated heterocycles. The number of carbonyl (C=O) groups is 1. The standard InChI is InChI=1S/C12H16BrNO2/c1-8(15)7-14-12(16)9(2)10-3-5-11(13)6-4-10/h3-6,8-9,15H,7H2,1-2H3,(H,14,16). The summed E-state index contributed by atoms with van der Waals surface area (Å²) in [6.07, 6.45) is -0.513. The maximum absolute atomic E-state index is 11.7. The SMILES string of the molecule is CC(O)CNC(=O)C(C)c1ccc(Br)cc1. The van der Waals surface area contributed by atoms with Gasteiger partial charge in [0, 0.05) is 11.0 Å². The molecule has 4 heteroatoms. The van der Waals surface area contributed by atoms with Crippen molar-refractivity contribution in [3.05, 3.63) is 34.3 Å². The van der Waals surface area contributed by atoms with E-state index in [0.29, 0.717) is 6.54 Å². The Morgan fingerprint density at radius 1 is 1.38 bits per heavy atom. The van der Waals surface area contributed by atoms with E-state index in [1.54, 1.807) is 6.92 Å². The highest BCUT2D eigenvalue weighted by Gasteiger charge is 2.14. The fourth-order valence-electron chi connectivity index (χ4n) is 1.30. The van der Waals surface area contributed by atoms with E-state index < -0.39 is 6.10 Å².